The molecule has 0 saturated heterocycles. The van der Waals surface area contributed by atoms with E-state index in [0.29, 0.717) is 0 Å². The van der Waals surface area contributed by atoms with Crippen LogP contribution in [0.15, 0.2) is 12.3 Å². The first kappa shape index (κ1) is 12.6. The van der Waals surface area contributed by atoms with Gasteiger partial charge in [-0.25, -0.2) is 0 Å². The summed E-state index contributed by atoms with van der Waals surface area (Å²) in [5, 5.41) is 4.19. The molecule has 1 saturated carbocycles. The van der Waals surface area contributed by atoms with Gasteiger partial charge in [-0.2, -0.15) is 5.10 Å². The first-order valence-electron chi connectivity index (χ1n) is 6.38. The Morgan fingerprint density at radius 3 is 2.65 bits per heavy atom. The molecule has 0 amide bonds. The summed E-state index contributed by atoms with van der Waals surface area (Å²) in [6.07, 6.45) is 6.26. The zero-order valence-electron chi connectivity index (χ0n) is 11.0. The van der Waals surface area contributed by atoms with Crippen LogP contribution in [-0.4, -0.2) is 22.5 Å². The van der Waals surface area contributed by atoms with E-state index in [4.69, 9.17) is 10.5 Å². The topological polar surface area (TPSA) is 53.1 Å². The van der Waals surface area contributed by atoms with Crippen LogP contribution in [0.5, 0.6) is 0 Å². The molecular formula is C13H23N3O. The number of ether oxygens (including phenoxy) is 1. The number of aryl methyl sites for hydroxylation is 1. The van der Waals surface area contributed by atoms with E-state index < -0.39 is 0 Å². The predicted molar refractivity (Wildman–Crippen MR) is 67.5 cm³/mol. The molecule has 1 atom stereocenters. The number of rotatable bonds is 3. The quantitative estimate of drug-likeness (QED) is 0.875. The average molecular weight is 237 g/mol. The van der Waals surface area contributed by atoms with Crippen molar-refractivity contribution in [1.29, 1.82) is 0 Å². The molecule has 2 rings (SSSR count). The van der Waals surface area contributed by atoms with Crippen LogP contribution in [0.3, 0.4) is 0 Å². The second-order valence-electron chi connectivity index (χ2n) is 5.31. The van der Waals surface area contributed by atoms with Crippen LogP contribution in [0.4, 0.5) is 0 Å². The lowest BCUT2D eigenvalue weighted by Crippen LogP contribution is -2.46. The molecule has 1 aliphatic carbocycles. The Bertz CT molecular complexity index is 366. The van der Waals surface area contributed by atoms with Crippen molar-refractivity contribution in [1.82, 2.24) is 9.78 Å². The summed E-state index contributed by atoms with van der Waals surface area (Å²) < 4.78 is 7.65. The van der Waals surface area contributed by atoms with Crippen molar-refractivity contribution in [3.63, 3.8) is 0 Å². The van der Waals surface area contributed by atoms with Crippen molar-refractivity contribution in [3.8, 4) is 0 Å². The Hall–Kier alpha value is -0.870. The summed E-state index contributed by atoms with van der Waals surface area (Å²) in [5.74, 6) is 0.789. The highest BCUT2D eigenvalue weighted by Crippen LogP contribution is 2.41. The second-order valence-corrected chi connectivity index (χ2v) is 5.31. The van der Waals surface area contributed by atoms with E-state index in [9.17, 15) is 0 Å². The third-order valence-electron chi connectivity index (χ3n) is 4.27. The predicted octanol–water partition coefficient (Wildman–Crippen LogP) is 2.02. The van der Waals surface area contributed by atoms with E-state index in [1.165, 1.54) is 12.8 Å². The van der Waals surface area contributed by atoms with Crippen molar-refractivity contribution >= 4 is 0 Å². The Labute approximate surface area is 103 Å². The molecule has 1 unspecified atom stereocenters. The van der Waals surface area contributed by atoms with Gasteiger partial charge in [-0.05, 0) is 37.7 Å². The maximum Gasteiger partial charge on any atom is 0.0885 e. The average Bonchev–Trinajstić information content (AvgIpc) is 2.76. The molecule has 0 radical (unpaired) electrons. The number of hydrogen-bond donors (Lipinski definition) is 1. The van der Waals surface area contributed by atoms with Crippen LogP contribution >= 0.6 is 0 Å². The number of methoxy groups -OCH3 is 1. The van der Waals surface area contributed by atoms with Gasteiger partial charge in [0.15, 0.2) is 0 Å². The van der Waals surface area contributed by atoms with Crippen LogP contribution in [0, 0.1) is 5.92 Å². The molecule has 96 valence electrons. The van der Waals surface area contributed by atoms with Crippen molar-refractivity contribution < 1.29 is 4.74 Å². The van der Waals surface area contributed by atoms with Gasteiger partial charge < -0.3 is 10.5 Å². The smallest absolute Gasteiger partial charge is 0.0885 e. The summed E-state index contributed by atoms with van der Waals surface area (Å²) in [5.41, 5.74) is 7.27. The van der Waals surface area contributed by atoms with Gasteiger partial charge in [0.05, 0.1) is 17.3 Å². The molecule has 0 spiro atoms. The van der Waals surface area contributed by atoms with E-state index in [2.05, 4.69) is 12.0 Å². The minimum atomic E-state index is -0.208. The zero-order chi connectivity index (χ0) is 12.5. The lowest BCUT2D eigenvalue weighted by atomic mass is 9.74. The lowest BCUT2D eigenvalue weighted by Gasteiger charge is -2.42. The van der Waals surface area contributed by atoms with E-state index in [0.717, 1.165) is 24.5 Å². The molecule has 1 heterocycles. The molecule has 1 aromatic heterocycles. The molecule has 1 aromatic rings. The Kier molecular flexibility index (Phi) is 3.54. The van der Waals surface area contributed by atoms with Crippen LogP contribution in [0.1, 0.15) is 44.3 Å². The SMILES string of the molecule is COC1(C(N)c2ccnn2C)CCC(C)CC1. The number of nitrogens with zero attached hydrogens (tertiary/aromatic N) is 2. The number of aromatic nitrogens is 2. The lowest BCUT2D eigenvalue weighted by molar-refractivity contribution is -0.0687. The molecule has 17 heavy (non-hydrogen) atoms. The fraction of sp³-hybridized carbons (Fsp3) is 0.769. The van der Waals surface area contributed by atoms with Crippen LogP contribution in [0.25, 0.3) is 0 Å². The summed E-state index contributed by atoms with van der Waals surface area (Å²) in [4.78, 5) is 0. The van der Waals surface area contributed by atoms with Crippen molar-refractivity contribution in [2.24, 2.45) is 18.7 Å². The van der Waals surface area contributed by atoms with Gasteiger partial charge >= 0.3 is 0 Å². The molecule has 4 nitrogen and oxygen atoms in total. The van der Waals surface area contributed by atoms with Gasteiger partial charge in [0.25, 0.3) is 0 Å². The Morgan fingerprint density at radius 1 is 1.53 bits per heavy atom. The number of nitrogens with two attached hydrogens (primary N) is 1. The summed E-state index contributed by atoms with van der Waals surface area (Å²) in [6, 6.07) is 1.90. The van der Waals surface area contributed by atoms with Crippen LogP contribution < -0.4 is 5.73 Å². The van der Waals surface area contributed by atoms with Crippen LogP contribution in [0.2, 0.25) is 0 Å². The van der Waals surface area contributed by atoms with E-state index in [1.54, 1.807) is 13.3 Å². The van der Waals surface area contributed by atoms with Gasteiger partial charge in [0.2, 0.25) is 0 Å². The molecule has 4 heteroatoms. The van der Waals surface area contributed by atoms with Gasteiger partial charge in [-0.3, -0.25) is 4.68 Å². The third kappa shape index (κ3) is 2.24. The molecule has 1 fully saturated rings. The minimum absolute atomic E-state index is 0.0903. The molecule has 0 aliphatic heterocycles. The fourth-order valence-corrected chi connectivity index (χ4v) is 2.85. The molecule has 2 N–H and O–H groups in total. The van der Waals surface area contributed by atoms with E-state index >= 15 is 0 Å². The third-order valence-corrected chi connectivity index (χ3v) is 4.27. The zero-order valence-corrected chi connectivity index (χ0v) is 11.0. The molecule has 1 aliphatic rings. The highest BCUT2D eigenvalue weighted by atomic mass is 16.5. The maximum absolute atomic E-state index is 6.42. The van der Waals surface area contributed by atoms with E-state index in [1.807, 2.05) is 17.8 Å². The Balaban J connectivity index is 2.21. The summed E-state index contributed by atoms with van der Waals surface area (Å²) >= 11 is 0. The van der Waals surface area contributed by atoms with Crippen molar-refractivity contribution in [3.05, 3.63) is 18.0 Å². The van der Waals surface area contributed by atoms with Gasteiger partial charge in [-0.1, -0.05) is 6.92 Å². The first-order valence-corrected chi connectivity index (χ1v) is 6.38. The largest absolute Gasteiger partial charge is 0.376 e. The molecule has 0 aromatic carbocycles. The van der Waals surface area contributed by atoms with E-state index in [-0.39, 0.29) is 11.6 Å². The fourth-order valence-electron chi connectivity index (χ4n) is 2.85. The standard InChI is InChI=1S/C13H23N3O/c1-10-4-7-13(17-3,8-5-10)12(14)11-6-9-15-16(11)2/h6,9-10,12H,4-5,7-8,14H2,1-3H3. The first-order chi connectivity index (χ1) is 8.09. The van der Waals surface area contributed by atoms with Gasteiger partial charge in [0, 0.05) is 20.4 Å². The molecule has 0 bridgehead atoms. The van der Waals surface area contributed by atoms with Crippen LogP contribution in [-0.2, 0) is 11.8 Å². The van der Waals surface area contributed by atoms with Crippen molar-refractivity contribution in [2.75, 3.05) is 7.11 Å². The molecular weight excluding hydrogens is 214 g/mol. The van der Waals surface area contributed by atoms with Crippen molar-refractivity contribution in [2.45, 2.75) is 44.2 Å². The van der Waals surface area contributed by atoms with Gasteiger partial charge in [-0.15, -0.1) is 0 Å². The number of hydrogen-bond acceptors (Lipinski definition) is 3. The highest BCUT2D eigenvalue weighted by molar-refractivity contribution is 5.13. The summed E-state index contributed by atoms with van der Waals surface area (Å²) in [7, 11) is 3.72. The summed E-state index contributed by atoms with van der Waals surface area (Å²) in [6.45, 7) is 2.30. The highest BCUT2D eigenvalue weighted by Gasteiger charge is 2.41. The monoisotopic (exact) mass is 237 g/mol. The Morgan fingerprint density at radius 2 is 2.18 bits per heavy atom. The second kappa shape index (κ2) is 4.78. The minimum Gasteiger partial charge on any atom is -0.376 e. The normalized spacial score (nSPS) is 31.4. The maximum atomic E-state index is 6.42. The van der Waals surface area contributed by atoms with Gasteiger partial charge in [0.1, 0.15) is 0 Å².